The van der Waals surface area contributed by atoms with Crippen molar-refractivity contribution in [2.75, 3.05) is 20.2 Å². The van der Waals surface area contributed by atoms with E-state index in [9.17, 15) is 13.2 Å². The van der Waals surface area contributed by atoms with Crippen LogP contribution in [0.3, 0.4) is 0 Å². The van der Waals surface area contributed by atoms with Crippen molar-refractivity contribution in [3.63, 3.8) is 0 Å². The second-order valence-electron chi connectivity index (χ2n) is 10.3. The van der Waals surface area contributed by atoms with Crippen molar-refractivity contribution in [1.82, 2.24) is 14.8 Å². The Kier molecular flexibility index (Phi) is 9.04. The zero-order valence-electron chi connectivity index (χ0n) is 21.2. The highest BCUT2D eigenvalue weighted by molar-refractivity contribution is 7.87. The monoisotopic (exact) mass is 513 g/mol. The highest BCUT2D eigenvalue weighted by atomic mass is 32.2. The van der Waals surface area contributed by atoms with E-state index in [4.69, 9.17) is 4.74 Å². The Balaban J connectivity index is 1.38. The van der Waals surface area contributed by atoms with Crippen LogP contribution in [-0.4, -0.2) is 40.6 Å². The zero-order chi connectivity index (χ0) is 25.4. The van der Waals surface area contributed by atoms with Crippen LogP contribution in [-0.2, 0) is 15.6 Å². The summed E-state index contributed by atoms with van der Waals surface area (Å²) in [5.74, 6) is 0.819. The molecule has 196 valence electrons. The zero-order valence-corrected chi connectivity index (χ0v) is 22.0. The van der Waals surface area contributed by atoms with E-state index >= 15 is 0 Å². The summed E-state index contributed by atoms with van der Waals surface area (Å²) < 4.78 is 36.5. The molecule has 0 heterocycles. The van der Waals surface area contributed by atoms with E-state index in [1.165, 1.54) is 24.8 Å². The lowest BCUT2D eigenvalue weighted by atomic mass is 9.68. The molecule has 7 nitrogen and oxygen atoms in total. The van der Waals surface area contributed by atoms with E-state index < -0.39 is 10.2 Å². The molecular formula is C28H39N3O4S. The molecule has 0 bridgehead atoms. The number of hydrogen-bond acceptors (Lipinski definition) is 4. The molecule has 0 aliphatic heterocycles. The smallest absolute Gasteiger partial charge is 0.277 e. The van der Waals surface area contributed by atoms with Gasteiger partial charge in [0.05, 0.1) is 12.7 Å². The summed E-state index contributed by atoms with van der Waals surface area (Å²) in [4.78, 5) is 13.0. The molecule has 0 spiro atoms. The van der Waals surface area contributed by atoms with Crippen molar-refractivity contribution in [2.45, 2.75) is 69.2 Å². The molecule has 0 atom stereocenters. The lowest BCUT2D eigenvalue weighted by molar-refractivity contribution is 0.0932. The largest absolute Gasteiger partial charge is 0.496 e. The van der Waals surface area contributed by atoms with Crippen LogP contribution in [0, 0.1) is 5.92 Å². The van der Waals surface area contributed by atoms with Gasteiger partial charge in [-0.05, 0) is 62.1 Å². The van der Waals surface area contributed by atoms with Crippen LogP contribution in [0.4, 0.5) is 0 Å². The second-order valence-corrected chi connectivity index (χ2v) is 11.8. The maximum Gasteiger partial charge on any atom is 0.277 e. The van der Waals surface area contributed by atoms with Crippen LogP contribution in [0.1, 0.15) is 73.7 Å². The Bertz CT molecular complexity index is 1090. The van der Waals surface area contributed by atoms with Crippen LogP contribution in [0.2, 0.25) is 0 Å². The van der Waals surface area contributed by atoms with Crippen LogP contribution in [0.25, 0.3) is 0 Å². The number of carbonyl (C=O) groups excluding carboxylic acids is 1. The first-order valence-corrected chi connectivity index (χ1v) is 14.6. The van der Waals surface area contributed by atoms with Gasteiger partial charge in [-0.2, -0.15) is 13.1 Å². The lowest BCUT2D eigenvalue weighted by Gasteiger charge is -2.41. The Morgan fingerprint density at radius 2 is 1.61 bits per heavy atom. The molecule has 0 saturated heterocycles. The Labute approximate surface area is 215 Å². The van der Waals surface area contributed by atoms with Gasteiger partial charge >= 0.3 is 0 Å². The molecule has 0 unspecified atom stereocenters. The number of carbonyl (C=O) groups is 1. The summed E-state index contributed by atoms with van der Waals surface area (Å²) in [6.45, 7) is 0.998. The number of rotatable bonds is 10. The van der Waals surface area contributed by atoms with Crippen molar-refractivity contribution in [2.24, 2.45) is 5.92 Å². The number of nitrogens with one attached hydrogen (secondary N) is 3. The summed E-state index contributed by atoms with van der Waals surface area (Å²) in [7, 11) is -1.98. The van der Waals surface area contributed by atoms with Crippen LogP contribution >= 0.6 is 0 Å². The summed E-state index contributed by atoms with van der Waals surface area (Å²) >= 11 is 0. The number of methoxy groups -OCH3 is 1. The third kappa shape index (κ3) is 6.87. The van der Waals surface area contributed by atoms with Crippen LogP contribution in [0.5, 0.6) is 5.75 Å². The van der Waals surface area contributed by atoms with Gasteiger partial charge in [-0.3, -0.25) is 4.79 Å². The fourth-order valence-electron chi connectivity index (χ4n) is 5.70. The lowest BCUT2D eigenvalue weighted by Crippen LogP contribution is -2.50. The number of para-hydroxylation sites is 1. The first-order valence-electron chi connectivity index (χ1n) is 13.1. The average molecular weight is 514 g/mol. The van der Waals surface area contributed by atoms with Gasteiger partial charge in [0.2, 0.25) is 0 Å². The maximum absolute atomic E-state index is 13.0. The fourth-order valence-corrected chi connectivity index (χ4v) is 6.92. The third-order valence-electron chi connectivity index (χ3n) is 7.88. The molecule has 2 saturated carbocycles. The molecular weight excluding hydrogens is 474 g/mol. The van der Waals surface area contributed by atoms with Gasteiger partial charge in [0.15, 0.2) is 0 Å². The number of hydrogen-bond donors (Lipinski definition) is 3. The van der Waals surface area contributed by atoms with Gasteiger partial charge < -0.3 is 10.1 Å². The normalized spacial score (nSPS) is 23.2. The SMILES string of the molecule is COc1ccccc1C(=O)NC[C@]1(c2ccccc2)CC[C@H](NS(=O)(=O)NCC2CCCCC2)CC1. The Morgan fingerprint density at radius 1 is 0.944 bits per heavy atom. The maximum atomic E-state index is 13.0. The first kappa shape index (κ1) is 26.6. The van der Waals surface area contributed by atoms with Gasteiger partial charge in [-0.25, -0.2) is 4.72 Å². The minimum atomic E-state index is -3.54. The molecule has 2 aliphatic rings. The van der Waals surface area contributed by atoms with Crippen molar-refractivity contribution < 1.29 is 17.9 Å². The molecule has 36 heavy (non-hydrogen) atoms. The van der Waals surface area contributed by atoms with Gasteiger partial charge in [0.1, 0.15) is 5.75 Å². The van der Waals surface area contributed by atoms with Gasteiger partial charge in [-0.15, -0.1) is 0 Å². The quantitative estimate of drug-likeness (QED) is 0.441. The predicted molar refractivity (Wildman–Crippen MR) is 142 cm³/mol. The van der Waals surface area contributed by atoms with E-state index in [1.54, 1.807) is 19.2 Å². The summed E-state index contributed by atoms with van der Waals surface area (Å²) in [6.07, 6.45) is 8.82. The minimum Gasteiger partial charge on any atom is -0.496 e. The molecule has 1 amide bonds. The summed E-state index contributed by atoms with van der Waals surface area (Å²) in [6, 6.07) is 17.3. The van der Waals surface area contributed by atoms with Crippen molar-refractivity contribution >= 4 is 16.1 Å². The first-order chi connectivity index (χ1) is 17.4. The second kappa shape index (κ2) is 12.2. The van der Waals surface area contributed by atoms with E-state index in [0.29, 0.717) is 43.2 Å². The molecule has 4 rings (SSSR count). The van der Waals surface area contributed by atoms with Crippen molar-refractivity contribution in [1.29, 1.82) is 0 Å². The molecule has 3 N–H and O–H groups in total. The molecule has 0 radical (unpaired) electrons. The molecule has 2 aromatic carbocycles. The van der Waals surface area contributed by atoms with Gasteiger partial charge in [0.25, 0.3) is 16.1 Å². The number of benzene rings is 2. The molecule has 2 fully saturated rings. The number of ether oxygens (including phenoxy) is 1. The molecule has 8 heteroatoms. The van der Waals surface area contributed by atoms with Crippen LogP contribution in [0.15, 0.2) is 54.6 Å². The topological polar surface area (TPSA) is 96.5 Å². The Hall–Kier alpha value is -2.42. The van der Waals surface area contributed by atoms with E-state index in [1.807, 2.05) is 30.3 Å². The Morgan fingerprint density at radius 3 is 2.31 bits per heavy atom. The van der Waals surface area contributed by atoms with Crippen LogP contribution < -0.4 is 19.5 Å². The average Bonchev–Trinajstić information content (AvgIpc) is 2.92. The van der Waals surface area contributed by atoms with Gasteiger partial charge in [-0.1, -0.05) is 61.7 Å². The number of amides is 1. The molecule has 0 aromatic heterocycles. The minimum absolute atomic E-state index is 0.115. The summed E-state index contributed by atoms with van der Waals surface area (Å²) in [5.41, 5.74) is 1.42. The van der Waals surface area contributed by atoms with Crippen molar-refractivity contribution in [3.05, 3.63) is 65.7 Å². The molecule has 2 aliphatic carbocycles. The van der Waals surface area contributed by atoms with E-state index in [0.717, 1.165) is 25.7 Å². The van der Waals surface area contributed by atoms with Crippen molar-refractivity contribution in [3.8, 4) is 5.75 Å². The highest BCUT2D eigenvalue weighted by Crippen LogP contribution is 2.39. The van der Waals surface area contributed by atoms with E-state index in [2.05, 4.69) is 26.9 Å². The van der Waals surface area contributed by atoms with Gasteiger partial charge in [0, 0.05) is 24.5 Å². The standard InChI is InChI=1S/C28H39N3O4S/c1-35-26-15-9-8-14-25(26)27(32)29-21-28(23-12-6-3-7-13-23)18-16-24(17-19-28)31-36(33,34)30-20-22-10-4-2-5-11-22/h3,6-9,12-15,22,24,30-31H,2,4-5,10-11,16-21H2,1H3,(H,29,32)/t24-,28-. The predicted octanol–water partition coefficient (Wildman–Crippen LogP) is 4.31. The third-order valence-corrected chi connectivity index (χ3v) is 9.07. The van der Waals surface area contributed by atoms with E-state index in [-0.39, 0.29) is 17.4 Å². The highest BCUT2D eigenvalue weighted by Gasteiger charge is 2.38. The fraction of sp³-hybridized carbons (Fsp3) is 0.536. The molecule has 2 aromatic rings. The summed E-state index contributed by atoms with van der Waals surface area (Å²) in [5, 5.41) is 3.13.